The second-order valence-corrected chi connectivity index (χ2v) is 4.82. The van der Waals surface area contributed by atoms with E-state index in [2.05, 4.69) is 11.9 Å². The molecular weight excluding hydrogens is 301 g/mol. The van der Waals surface area contributed by atoms with E-state index in [-0.39, 0.29) is 18.1 Å². The molecule has 0 heterocycles. The van der Waals surface area contributed by atoms with Gasteiger partial charge in [0.2, 0.25) is 6.41 Å². The molecule has 0 aromatic heterocycles. The Hall–Kier alpha value is -1.52. The van der Waals surface area contributed by atoms with Crippen LogP contribution in [0.1, 0.15) is 18.9 Å². The highest BCUT2D eigenvalue weighted by atomic mass is 35.5. The van der Waals surface area contributed by atoms with Gasteiger partial charge in [-0.1, -0.05) is 35.3 Å². The molecule has 20 heavy (non-hydrogen) atoms. The van der Waals surface area contributed by atoms with E-state index in [0.717, 1.165) is 0 Å². The minimum atomic E-state index is -1.35. The number of amides is 1. The van der Waals surface area contributed by atoms with Crippen LogP contribution in [0.3, 0.4) is 0 Å². The minimum Gasteiger partial charge on any atom is -0.464 e. The summed E-state index contributed by atoms with van der Waals surface area (Å²) in [4.78, 5) is 23.2. The quantitative estimate of drug-likeness (QED) is 0.478. The molecule has 0 bridgehead atoms. The number of nitrogens with one attached hydrogen (secondary N) is 1. The van der Waals surface area contributed by atoms with Crippen LogP contribution >= 0.6 is 23.2 Å². The summed E-state index contributed by atoms with van der Waals surface area (Å²) in [5.74, 6) is -0.578. The molecular formula is C14H15Cl2NO3. The van der Waals surface area contributed by atoms with E-state index in [4.69, 9.17) is 27.9 Å². The number of ether oxygens (including phenoxy) is 1. The second-order valence-electron chi connectivity index (χ2n) is 4.01. The van der Waals surface area contributed by atoms with Gasteiger partial charge in [-0.15, -0.1) is 6.58 Å². The number of hydrogen-bond donors (Lipinski definition) is 1. The Morgan fingerprint density at radius 3 is 2.65 bits per heavy atom. The fourth-order valence-corrected chi connectivity index (χ4v) is 2.15. The summed E-state index contributed by atoms with van der Waals surface area (Å²) in [7, 11) is 0. The van der Waals surface area contributed by atoms with Gasteiger partial charge in [0.15, 0.2) is 5.54 Å². The molecule has 1 unspecified atom stereocenters. The minimum absolute atomic E-state index is 0.169. The first-order valence-corrected chi connectivity index (χ1v) is 6.72. The maximum absolute atomic E-state index is 12.3. The summed E-state index contributed by atoms with van der Waals surface area (Å²) in [5.41, 5.74) is -0.870. The van der Waals surface area contributed by atoms with E-state index in [1.165, 1.54) is 12.1 Å². The number of rotatable bonds is 7. The zero-order chi connectivity index (χ0) is 15.2. The van der Waals surface area contributed by atoms with Crippen molar-refractivity contribution in [3.05, 3.63) is 46.5 Å². The molecule has 0 saturated heterocycles. The van der Waals surface area contributed by atoms with E-state index >= 15 is 0 Å². The standard InChI is InChI=1S/C14H15Cl2NO3/c1-3-7-14(17-9-18,13(19)20-4-2)10-5-6-11(15)12(16)8-10/h3,5-6,8-9H,1,4,7H2,2H3,(H,17,18). The van der Waals surface area contributed by atoms with Gasteiger partial charge in [-0.2, -0.15) is 0 Å². The number of carbonyl (C=O) groups is 2. The lowest BCUT2D eigenvalue weighted by atomic mass is 9.86. The predicted octanol–water partition coefficient (Wildman–Crippen LogP) is 3.07. The largest absolute Gasteiger partial charge is 0.464 e. The highest BCUT2D eigenvalue weighted by Gasteiger charge is 2.40. The molecule has 0 radical (unpaired) electrons. The third-order valence-corrected chi connectivity index (χ3v) is 3.53. The van der Waals surface area contributed by atoms with Gasteiger partial charge in [-0.3, -0.25) is 4.79 Å². The summed E-state index contributed by atoms with van der Waals surface area (Å²) in [6.07, 6.45) is 2.14. The molecule has 0 aliphatic heterocycles. The van der Waals surface area contributed by atoms with Gasteiger partial charge in [0, 0.05) is 6.42 Å². The first kappa shape index (κ1) is 16.5. The van der Waals surface area contributed by atoms with Crippen LogP contribution in [0.5, 0.6) is 0 Å². The zero-order valence-electron chi connectivity index (χ0n) is 11.0. The van der Waals surface area contributed by atoms with Crippen LogP contribution in [0.2, 0.25) is 10.0 Å². The zero-order valence-corrected chi connectivity index (χ0v) is 12.5. The van der Waals surface area contributed by atoms with Gasteiger partial charge >= 0.3 is 5.97 Å². The molecule has 1 N–H and O–H groups in total. The van der Waals surface area contributed by atoms with Crippen molar-refractivity contribution in [1.29, 1.82) is 0 Å². The number of halogens is 2. The fraction of sp³-hybridized carbons (Fsp3) is 0.286. The molecule has 4 nitrogen and oxygen atoms in total. The average Bonchev–Trinajstić information content (AvgIpc) is 2.41. The van der Waals surface area contributed by atoms with E-state index in [0.29, 0.717) is 17.0 Å². The van der Waals surface area contributed by atoms with Crippen molar-refractivity contribution in [3.63, 3.8) is 0 Å². The highest BCUT2D eigenvalue weighted by molar-refractivity contribution is 6.42. The van der Waals surface area contributed by atoms with Crippen molar-refractivity contribution < 1.29 is 14.3 Å². The lowest BCUT2D eigenvalue weighted by molar-refractivity contribution is -0.152. The van der Waals surface area contributed by atoms with Crippen LogP contribution in [0.4, 0.5) is 0 Å². The van der Waals surface area contributed by atoms with Crippen LogP contribution < -0.4 is 5.32 Å². The maximum Gasteiger partial charge on any atom is 0.336 e. The summed E-state index contributed by atoms with van der Waals surface area (Å²) in [5, 5.41) is 3.16. The summed E-state index contributed by atoms with van der Waals surface area (Å²) in [6.45, 7) is 5.49. The first-order chi connectivity index (χ1) is 9.51. The molecule has 1 aromatic rings. The van der Waals surface area contributed by atoms with Crippen molar-refractivity contribution in [2.24, 2.45) is 0 Å². The van der Waals surface area contributed by atoms with Gasteiger partial charge in [-0.05, 0) is 24.6 Å². The molecule has 0 aliphatic carbocycles. The van der Waals surface area contributed by atoms with Gasteiger partial charge < -0.3 is 10.1 Å². The van der Waals surface area contributed by atoms with Gasteiger partial charge in [0.1, 0.15) is 0 Å². The highest BCUT2D eigenvalue weighted by Crippen LogP contribution is 2.32. The lowest BCUT2D eigenvalue weighted by Gasteiger charge is -2.30. The molecule has 1 atom stereocenters. The van der Waals surface area contributed by atoms with E-state index in [1.54, 1.807) is 19.1 Å². The Morgan fingerprint density at radius 2 is 2.15 bits per heavy atom. The molecule has 0 aliphatic rings. The van der Waals surface area contributed by atoms with Crippen LogP contribution in [-0.2, 0) is 19.9 Å². The van der Waals surface area contributed by atoms with E-state index < -0.39 is 11.5 Å². The van der Waals surface area contributed by atoms with Crippen molar-refractivity contribution in [1.82, 2.24) is 5.32 Å². The third-order valence-electron chi connectivity index (χ3n) is 2.79. The fourth-order valence-electron chi connectivity index (χ4n) is 1.85. The van der Waals surface area contributed by atoms with Crippen LogP contribution in [0.25, 0.3) is 0 Å². The Kier molecular flexibility index (Phi) is 6.05. The molecule has 0 fully saturated rings. The predicted molar refractivity (Wildman–Crippen MR) is 78.8 cm³/mol. The van der Waals surface area contributed by atoms with E-state index in [1.807, 2.05) is 0 Å². The number of hydrogen-bond acceptors (Lipinski definition) is 3. The molecule has 6 heteroatoms. The molecule has 108 valence electrons. The van der Waals surface area contributed by atoms with Crippen LogP contribution in [0.15, 0.2) is 30.9 Å². The Morgan fingerprint density at radius 1 is 1.45 bits per heavy atom. The molecule has 0 saturated carbocycles. The summed E-state index contributed by atoms with van der Waals surface area (Å²) >= 11 is 11.8. The Bertz CT molecular complexity index is 507. The number of benzene rings is 1. The normalized spacial score (nSPS) is 13.2. The van der Waals surface area contributed by atoms with Crippen LogP contribution in [0, 0.1) is 0 Å². The monoisotopic (exact) mass is 315 g/mol. The van der Waals surface area contributed by atoms with Gasteiger partial charge in [0.25, 0.3) is 0 Å². The van der Waals surface area contributed by atoms with Crippen molar-refractivity contribution in [2.75, 3.05) is 6.61 Å². The molecule has 1 aromatic carbocycles. The second kappa shape index (κ2) is 7.31. The Labute approximate surface area is 127 Å². The Balaban J connectivity index is 3.39. The molecule has 0 spiro atoms. The van der Waals surface area contributed by atoms with Crippen molar-refractivity contribution in [3.8, 4) is 0 Å². The molecule has 1 amide bonds. The van der Waals surface area contributed by atoms with Crippen molar-refractivity contribution >= 4 is 35.6 Å². The summed E-state index contributed by atoms with van der Waals surface area (Å²) in [6, 6.07) is 4.70. The summed E-state index contributed by atoms with van der Waals surface area (Å²) < 4.78 is 5.05. The molecule has 1 rings (SSSR count). The topological polar surface area (TPSA) is 55.4 Å². The average molecular weight is 316 g/mol. The number of carbonyl (C=O) groups excluding carboxylic acids is 2. The third kappa shape index (κ3) is 3.32. The van der Waals surface area contributed by atoms with Gasteiger partial charge in [0.05, 0.1) is 16.7 Å². The smallest absolute Gasteiger partial charge is 0.336 e. The van der Waals surface area contributed by atoms with E-state index in [9.17, 15) is 9.59 Å². The maximum atomic E-state index is 12.3. The SMILES string of the molecule is C=CCC(NC=O)(C(=O)OCC)c1ccc(Cl)c(Cl)c1. The van der Waals surface area contributed by atoms with Crippen LogP contribution in [-0.4, -0.2) is 19.0 Å². The van der Waals surface area contributed by atoms with Gasteiger partial charge in [-0.25, -0.2) is 4.79 Å². The number of esters is 1. The lowest BCUT2D eigenvalue weighted by Crippen LogP contribution is -2.49. The van der Waals surface area contributed by atoms with Crippen molar-refractivity contribution in [2.45, 2.75) is 18.9 Å². The first-order valence-electron chi connectivity index (χ1n) is 5.96.